The Morgan fingerprint density at radius 1 is 1.63 bits per heavy atom. The number of anilines is 1. The minimum Gasteiger partial charge on any atom is -0.463 e. The van der Waals surface area contributed by atoms with Crippen LogP contribution in [0.2, 0.25) is 0 Å². The Bertz CT molecular complexity index is 452. The summed E-state index contributed by atoms with van der Waals surface area (Å²) < 4.78 is 4.65. The summed E-state index contributed by atoms with van der Waals surface area (Å²) in [7, 11) is 1.32. The van der Waals surface area contributed by atoms with Crippen molar-refractivity contribution in [1.82, 2.24) is 9.97 Å². The van der Waals surface area contributed by atoms with E-state index in [1.807, 2.05) is 6.07 Å². The molecule has 0 bridgehead atoms. The van der Waals surface area contributed by atoms with Gasteiger partial charge in [0, 0.05) is 25.3 Å². The number of hydrogen-bond donors (Lipinski definition) is 1. The predicted molar refractivity (Wildman–Crippen MR) is 72.0 cm³/mol. The van der Waals surface area contributed by atoms with Gasteiger partial charge in [0.05, 0.1) is 7.11 Å². The summed E-state index contributed by atoms with van der Waals surface area (Å²) in [6.45, 7) is 3.69. The van der Waals surface area contributed by atoms with Crippen LogP contribution in [-0.4, -0.2) is 42.2 Å². The first-order valence-electron chi connectivity index (χ1n) is 6.55. The molecule has 2 atom stereocenters. The summed E-state index contributed by atoms with van der Waals surface area (Å²) in [5.74, 6) is 0.845. The van der Waals surface area contributed by atoms with Gasteiger partial charge in [0.15, 0.2) is 0 Å². The minimum absolute atomic E-state index is 0.0917. The zero-order valence-corrected chi connectivity index (χ0v) is 11.4. The number of hydrogen-bond acceptors (Lipinski definition) is 6. The van der Waals surface area contributed by atoms with Crippen molar-refractivity contribution in [2.75, 3.05) is 25.1 Å². The fraction of sp³-hybridized carbons (Fsp3) is 0.615. The van der Waals surface area contributed by atoms with Gasteiger partial charge in [-0.15, -0.1) is 0 Å². The molecule has 1 aromatic rings. The lowest BCUT2D eigenvalue weighted by Crippen LogP contribution is -2.49. The fourth-order valence-electron chi connectivity index (χ4n) is 2.59. The van der Waals surface area contributed by atoms with Crippen molar-refractivity contribution in [3.8, 4) is 0 Å². The average Bonchev–Trinajstić information content (AvgIpc) is 2.46. The molecule has 1 saturated heterocycles. The second-order valence-electron chi connectivity index (χ2n) is 4.85. The lowest BCUT2D eigenvalue weighted by atomic mass is 9.91. The molecule has 0 amide bonds. The van der Waals surface area contributed by atoms with Crippen LogP contribution in [-0.2, 0) is 4.74 Å². The Hall–Kier alpha value is -1.69. The zero-order valence-electron chi connectivity index (χ0n) is 11.4. The number of methoxy groups -OCH3 is 1. The Balaban J connectivity index is 2.27. The topological polar surface area (TPSA) is 81.3 Å². The van der Waals surface area contributed by atoms with E-state index in [0.29, 0.717) is 12.5 Å². The van der Waals surface area contributed by atoms with Gasteiger partial charge in [-0.1, -0.05) is 6.92 Å². The van der Waals surface area contributed by atoms with E-state index in [9.17, 15) is 4.79 Å². The summed E-state index contributed by atoms with van der Waals surface area (Å²) in [6.07, 6.45) is 3.87. The van der Waals surface area contributed by atoms with E-state index in [2.05, 4.69) is 26.5 Å². The van der Waals surface area contributed by atoms with Crippen LogP contribution in [0.4, 0.5) is 5.82 Å². The van der Waals surface area contributed by atoms with E-state index in [1.165, 1.54) is 13.5 Å². The van der Waals surface area contributed by atoms with Crippen molar-refractivity contribution in [1.29, 1.82) is 0 Å². The molecule has 1 aromatic heterocycles. The maximum atomic E-state index is 11.5. The number of ether oxygens (including phenoxy) is 1. The molecule has 2 unspecified atom stereocenters. The van der Waals surface area contributed by atoms with Gasteiger partial charge in [-0.25, -0.2) is 14.8 Å². The maximum Gasteiger partial charge on any atom is 0.376 e. The summed E-state index contributed by atoms with van der Waals surface area (Å²) in [6, 6.07) is 2.07. The van der Waals surface area contributed by atoms with Gasteiger partial charge in [-0.3, -0.25) is 0 Å². The SMILES string of the molecule is COC(=O)c1nccc(N2CCCC(C)C2CN)n1. The third-order valence-electron chi connectivity index (χ3n) is 3.66. The van der Waals surface area contributed by atoms with Crippen molar-refractivity contribution in [2.24, 2.45) is 11.7 Å². The molecule has 2 rings (SSSR count). The van der Waals surface area contributed by atoms with E-state index in [4.69, 9.17) is 5.73 Å². The average molecular weight is 264 g/mol. The van der Waals surface area contributed by atoms with Gasteiger partial charge >= 0.3 is 5.97 Å². The van der Waals surface area contributed by atoms with Crippen LogP contribution in [0.15, 0.2) is 12.3 Å². The first-order chi connectivity index (χ1) is 9.17. The summed E-state index contributed by atoms with van der Waals surface area (Å²) in [4.78, 5) is 21.9. The van der Waals surface area contributed by atoms with Gasteiger partial charge in [-0.2, -0.15) is 0 Å². The van der Waals surface area contributed by atoms with Crippen molar-refractivity contribution in [3.05, 3.63) is 18.1 Å². The molecular weight excluding hydrogens is 244 g/mol. The van der Waals surface area contributed by atoms with Crippen LogP contribution >= 0.6 is 0 Å². The molecule has 0 saturated carbocycles. The first-order valence-corrected chi connectivity index (χ1v) is 6.55. The molecular formula is C13H20N4O2. The molecule has 0 spiro atoms. The third-order valence-corrected chi connectivity index (χ3v) is 3.66. The second kappa shape index (κ2) is 5.97. The van der Waals surface area contributed by atoms with Crippen LogP contribution in [0.5, 0.6) is 0 Å². The van der Waals surface area contributed by atoms with Gasteiger partial charge in [0.1, 0.15) is 5.82 Å². The van der Waals surface area contributed by atoms with E-state index < -0.39 is 5.97 Å². The molecule has 1 aliphatic heterocycles. The molecule has 6 heteroatoms. The number of rotatable bonds is 3. The summed E-state index contributed by atoms with van der Waals surface area (Å²) in [5, 5.41) is 0. The van der Waals surface area contributed by atoms with Crippen LogP contribution < -0.4 is 10.6 Å². The van der Waals surface area contributed by atoms with Gasteiger partial charge in [-0.05, 0) is 24.8 Å². The lowest BCUT2D eigenvalue weighted by Gasteiger charge is -2.40. The Morgan fingerprint density at radius 2 is 2.42 bits per heavy atom. The van der Waals surface area contributed by atoms with Crippen LogP contribution in [0, 0.1) is 5.92 Å². The molecule has 2 N–H and O–H groups in total. The summed E-state index contributed by atoms with van der Waals surface area (Å²) in [5.41, 5.74) is 5.87. The molecule has 1 fully saturated rings. The highest BCUT2D eigenvalue weighted by Crippen LogP contribution is 2.26. The largest absolute Gasteiger partial charge is 0.463 e. The number of nitrogens with zero attached hydrogens (tertiary/aromatic N) is 3. The Kier molecular flexibility index (Phi) is 4.31. The van der Waals surface area contributed by atoms with Crippen LogP contribution in [0.25, 0.3) is 0 Å². The smallest absolute Gasteiger partial charge is 0.376 e. The monoisotopic (exact) mass is 264 g/mol. The van der Waals surface area contributed by atoms with Crippen LogP contribution in [0.1, 0.15) is 30.4 Å². The van der Waals surface area contributed by atoms with Crippen molar-refractivity contribution in [3.63, 3.8) is 0 Å². The molecule has 1 aliphatic rings. The van der Waals surface area contributed by atoms with Gasteiger partial charge < -0.3 is 15.4 Å². The number of carbonyl (C=O) groups excluding carboxylic acids is 1. The van der Waals surface area contributed by atoms with Gasteiger partial charge in [0.2, 0.25) is 5.82 Å². The summed E-state index contributed by atoms with van der Waals surface area (Å²) >= 11 is 0. The number of piperidine rings is 1. The molecule has 0 aliphatic carbocycles. The highest BCUT2D eigenvalue weighted by atomic mass is 16.5. The van der Waals surface area contributed by atoms with E-state index in [0.717, 1.165) is 18.8 Å². The molecule has 6 nitrogen and oxygen atoms in total. The molecule has 104 valence electrons. The number of aromatic nitrogens is 2. The van der Waals surface area contributed by atoms with Crippen molar-refractivity contribution in [2.45, 2.75) is 25.8 Å². The van der Waals surface area contributed by atoms with E-state index >= 15 is 0 Å². The zero-order chi connectivity index (χ0) is 13.8. The highest BCUT2D eigenvalue weighted by Gasteiger charge is 2.28. The van der Waals surface area contributed by atoms with E-state index in [1.54, 1.807) is 6.20 Å². The number of nitrogens with two attached hydrogens (primary N) is 1. The Labute approximate surface area is 113 Å². The van der Waals surface area contributed by atoms with Crippen molar-refractivity contribution >= 4 is 11.8 Å². The Morgan fingerprint density at radius 3 is 3.11 bits per heavy atom. The van der Waals surface area contributed by atoms with Crippen molar-refractivity contribution < 1.29 is 9.53 Å². The second-order valence-corrected chi connectivity index (χ2v) is 4.85. The normalized spacial score (nSPS) is 23.2. The standard InChI is InChI=1S/C13H20N4O2/c1-9-4-3-7-17(10(9)8-14)11-5-6-15-12(16-11)13(18)19-2/h5-6,9-10H,3-4,7-8,14H2,1-2H3. The maximum absolute atomic E-state index is 11.5. The fourth-order valence-corrected chi connectivity index (χ4v) is 2.59. The van der Waals surface area contributed by atoms with E-state index in [-0.39, 0.29) is 11.9 Å². The molecule has 0 radical (unpaired) electrons. The predicted octanol–water partition coefficient (Wildman–Crippen LogP) is 0.827. The molecule has 2 heterocycles. The number of carbonyl (C=O) groups is 1. The lowest BCUT2D eigenvalue weighted by molar-refractivity contribution is 0.0586. The minimum atomic E-state index is -0.517. The quantitative estimate of drug-likeness (QED) is 0.814. The molecule has 19 heavy (non-hydrogen) atoms. The third kappa shape index (κ3) is 2.84. The van der Waals surface area contributed by atoms with Gasteiger partial charge in [0.25, 0.3) is 0 Å². The number of esters is 1. The highest BCUT2D eigenvalue weighted by molar-refractivity contribution is 5.85. The molecule has 0 aromatic carbocycles. The first kappa shape index (κ1) is 13.7. The van der Waals surface area contributed by atoms with Crippen LogP contribution in [0.3, 0.4) is 0 Å².